The van der Waals surface area contributed by atoms with Gasteiger partial charge in [-0.1, -0.05) is 61.7 Å². The molecule has 0 aliphatic heterocycles. The Kier molecular flexibility index (Phi) is 5.35. The lowest BCUT2D eigenvalue weighted by molar-refractivity contribution is 1.11. The number of thioether (sulfide) groups is 1. The van der Waals surface area contributed by atoms with E-state index in [1.165, 1.54) is 11.8 Å². The number of hydrogen-bond donors (Lipinski definition) is 0. The molecule has 0 amide bonds. The van der Waals surface area contributed by atoms with Gasteiger partial charge in [-0.3, -0.25) is 0 Å². The maximum atomic E-state index is 9.51. The summed E-state index contributed by atoms with van der Waals surface area (Å²) in [6.07, 6.45) is 7.20. The Bertz CT molecular complexity index is 768. The van der Waals surface area contributed by atoms with Gasteiger partial charge in [0.15, 0.2) is 0 Å². The van der Waals surface area contributed by atoms with Crippen molar-refractivity contribution in [2.24, 2.45) is 0 Å². The van der Waals surface area contributed by atoms with E-state index < -0.39 is 0 Å². The molecule has 0 N–H and O–H groups in total. The van der Waals surface area contributed by atoms with E-state index in [1.54, 1.807) is 12.2 Å². The van der Waals surface area contributed by atoms with Crippen LogP contribution in [0.2, 0.25) is 0 Å². The molecule has 0 bridgehead atoms. The summed E-state index contributed by atoms with van der Waals surface area (Å²) in [7, 11) is 0. The lowest BCUT2D eigenvalue weighted by atomic mass is 9.99. The fourth-order valence-corrected chi connectivity index (χ4v) is 2.71. The van der Waals surface area contributed by atoms with Crippen LogP contribution >= 0.6 is 11.8 Å². The van der Waals surface area contributed by atoms with E-state index in [9.17, 15) is 5.26 Å². The number of nitriles is 1. The summed E-state index contributed by atoms with van der Waals surface area (Å²) in [5.74, 6) is 0. The Labute approximate surface area is 135 Å². The molecule has 0 saturated heterocycles. The van der Waals surface area contributed by atoms with Crippen LogP contribution in [0.5, 0.6) is 0 Å². The van der Waals surface area contributed by atoms with Crippen LogP contribution in [0.15, 0.2) is 72.8 Å². The van der Waals surface area contributed by atoms with Crippen molar-refractivity contribution in [3.8, 4) is 17.3 Å². The van der Waals surface area contributed by atoms with Crippen LogP contribution < -0.4 is 0 Å². The van der Waals surface area contributed by atoms with E-state index in [0.29, 0.717) is 5.56 Å². The molecule has 0 radical (unpaired) electrons. The quantitative estimate of drug-likeness (QED) is 0.570. The highest BCUT2D eigenvalue weighted by Crippen LogP contribution is 2.31. The van der Waals surface area contributed by atoms with Crippen LogP contribution in [0.1, 0.15) is 11.1 Å². The van der Waals surface area contributed by atoms with Crippen LogP contribution in [0.4, 0.5) is 0 Å². The van der Waals surface area contributed by atoms with Gasteiger partial charge in [-0.15, -0.1) is 11.8 Å². The molecule has 1 aromatic heterocycles. The van der Waals surface area contributed by atoms with Crippen LogP contribution in [0.3, 0.4) is 0 Å². The number of nitrogens with zero attached hydrogens (tertiary/aromatic N) is 2. The normalized spacial score (nSPS) is 10.8. The molecule has 2 rings (SSSR count). The van der Waals surface area contributed by atoms with Gasteiger partial charge in [-0.25, -0.2) is 4.98 Å². The number of benzene rings is 1. The van der Waals surface area contributed by atoms with E-state index in [2.05, 4.69) is 24.2 Å². The van der Waals surface area contributed by atoms with Gasteiger partial charge in [0.1, 0.15) is 11.1 Å². The molecule has 108 valence electrons. The standard InChI is InChI=1S/C19H16N2S/c1-4-9-14(5-2)16-12-18(15-10-7-6-8-11-15)21-19(22-3)17(16)13-20/h4-12H,1-2H2,3H3/b14-9+. The molecule has 1 heterocycles. The van der Waals surface area contributed by atoms with Gasteiger partial charge < -0.3 is 0 Å². The van der Waals surface area contributed by atoms with Gasteiger partial charge in [-0.2, -0.15) is 5.26 Å². The van der Waals surface area contributed by atoms with Crippen LogP contribution in [-0.2, 0) is 0 Å². The second-order valence-electron chi connectivity index (χ2n) is 4.48. The molecule has 22 heavy (non-hydrogen) atoms. The number of aromatic nitrogens is 1. The highest BCUT2D eigenvalue weighted by molar-refractivity contribution is 7.98. The van der Waals surface area contributed by atoms with E-state index in [1.807, 2.05) is 48.7 Å². The molecule has 0 aliphatic carbocycles. The Morgan fingerprint density at radius 3 is 2.55 bits per heavy atom. The summed E-state index contributed by atoms with van der Waals surface area (Å²) in [6, 6.07) is 14.1. The number of allylic oxidation sites excluding steroid dienone is 4. The predicted molar refractivity (Wildman–Crippen MR) is 94.5 cm³/mol. The molecule has 0 aliphatic rings. The lowest BCUT2D eigenvalue weighted by Crippen LogP contribution is -1.97. The van der Waals surface area contributed by atoms with Crippen molar-refractivity contribution in [2.75, 3.05) is 6.26 Å². The monoisotopic (exact) mass is 304 g/mol. The first-order valence-electron chi connectivity index (χ1n) is 6.75. The molecular weight excluding hydrogens is 288 g/mol. The highest BCUT2D eigenvalue weighted by Gasteiger charge is 2.14. The topological polar surface area (TPSA) is 36.7 Å². The zero-order valence-corrected chi connectivity index (χ0v) is 13.2. The van der Waals surface area contributed by atoms with Crippen LogP contribution in [0.25, 0.3) is 16.8 Å². The van der Waals surface area contributed by atoms with E-state index >= 15 is 0 Å². The zero-order chi connectivity index (χ0) is 15.9. The molecule has 0 spiro atoms. The zero-order valence-electron chi connectivity index (χ0n) is 12.4. The number of rotatable bonds is 5. The maximum absolute atomic E-state index is 9.51. The maximum Gasteiger partial charge on any atom is 0.115 e. The minimum atomic E-state index is 0.570. The summed E-state index contributed by atoms with van der Waals surface area (Å²) in [5.41, 5.74) is 4.12. The second kappa shape index (κ2) is 7.44. The Morgan fingerprint density at radius 1 is 1.27 bits per heavy atom. The van der Waals surface area contributed by atoms with E-state index in [0.717, 1.165) is 27.4 Å². The molecule has 0 saturated carbocycles. The SMILES string of the molecule is C=C/C=C(\C=C)c1cc(-c2ccccc2)nc(SC)c1C#N. The molecule has 2 nitrogen and oxygen atoms in total. The summed E-state index contributed by atoms with van der Waals surface area (Å²) in [4.78, 5) is 4.62. The molecular formula is C19H16N2S. The van der Waals surface area contributed by atoms with Crippen molar-refractivity contribution in [1.29, 1.82) is 5.26 Å². The predicted octanol–water partition coefficient (Wildman–Crippen LogP) is 5.10. The smallest absolute Gasteiger partial charge is 0.115 e. The summed E-state index contributed by atoms with van der Waals surface area (Å²) < 4.78 is 0. The third-order valence-electron chi connectivity index (χ3n) is 3.19. The lowest BCUT2D eigenvalue weighted by Gasteiger charge is -2.11. The average Bonchev–Trinajstić information content (AvgIpc) is 2.59. The van der Waals surface area contributed by atoms with Gasteiger partial charge >= 0.3 is 0 Å². The third-order valence-corrected chi connectivity index (χ3v) is 3.87. The third kappa shape index (κ3) is 3.19. The molecule has 0 atom stereocenters. The van der Waals surface area contributed by atoms with Crippen LogP contribution in [-0.4, -0.2) is 11.2 Å². The molecule has 2 aromatic rings. The Hall–Kier alpha value is -2.57. The molecule has 1 aromatic carbocycles. The first-order chi connectivity index (χ1) is 10.7. The van der Waals surface area contributed by atoms with Crippen molar-refractivity contribution >= 4 is 17.3 Å². The molecule has 3 heteroatoms. The minimum absolute atomic E-state index is 0.570. The summed E-state index contributed by atoms with van der Waals surface area (Å²) in [6.45, 7) is 7.56. The second-order valence-corrected chi connectivity index (χ2v) is 5.27. The fraction of sp³-hybridized carbons (Fsp3) is 0.0526. The molecule has 0 unspecified atom stereocenters. The van der Waals surface area contributed by atoms with Crippen LogP contribution in [0, 0.1) is 11.3 Å². The van der Waals surface area contributed by atoms with Crippen molar-refractivity contribution in [3.63, 3.8) is 0 Å². The average molecular weight is 304 g/mol. The first-order valence-corrected chi connectivity index (χ1v) is 7.97. The largest absolute Gasteiger partial charge is 0.240 e. The van der Waals surface area contributed by atoms with Gasteiger partial charge in [0.05, 0.1) is 11.3 Å². The van der Waals surface area contributed by atoms with Crippen molar-refractivity contribution < 1.29 is 0 Å². The Balaban J connectivity index is 2.76. The van der Waals surface area contributed by atoms with Crippen molar-refractivity contribution in [3.05, 3.63) is 78.9 Å². The van der Waals surface area contributed by atoms with Crippen molar-refractivity contribution in [1.82, 2.24) is 4.98 Å². The van der Waals surface area contributed by atoms with Gasteiger partial charge in [-0.05, 0) is 17.9 Å². The van der Waals surface area contributed by atoms with Gasteiger partial charge in [0, 0.05) is 11.1 Å². The van der Waals surface area contributed by atoms with Gasteiger partial charge in [0.2, 0.25) is 0 Å². The first kappa shape index (κ1) is 15.8. The van der Waals surface area contributed by atoms with E-state index in [4.69, 9.17) is 0 Å². The van der Waals surface area contributed by atoms with E-state index in [-0.39, 0.29) is 0 Å². The summed E-state index contributed by atoms with van der Waals surface area (Å²) in [5, 5.41) is 10.2. The highest BCUT2D eigenvalue weighted by atomic mass is 32.2. The number of pyridine rings is 1. The molecule has 0 fully saturated rings. The number of hydrogen-bond acceptors (Lipinski definition) is 3. The Morgan fingerprint density at radius 2 is 2.00 bits per heavy atom. The fourth-order valence-electron chi connectivity index (χ4n) is 2.16. The van der Waals surface area contributed by atoms with Crippen molar-refractivity contribution in [2.45, 2.75) is 5.03 Å². The minimum Gasteiger partial charge on any atom is -0.240 e. The summed E-state index contributed by atoms with van der Waals surface area (Å²) >= 11 is 1.47. The van der Waals surface area contributed by atoms with Gasteiger partial charge in [0.25, 0.3) is 0 Å².